The molecule has 0 fully saturated rings. The minimum atomic E-state index is -0.0274. The van der Waals surface area contributed by atoms with Crippen molar-refractivity contribution < 1.29 is 0 Å². The fourth-order valence-corrected chi connectivity index (χ4v) is 2.47. The molecule has 0 saturated heterocycles. The maximum absolute atomic E-state index is 12.0. The normalized spacial score (nSPS) is 14.3. The number of aryl methyl sites for hydroxylation is 2. The van der Waals surface area contributed by atoms with Crippen molar-refractivity contribution >= 4 is 17.0 Å². The highest BCUT2D eigenvalue weighted by Gasteiger charge is 2.21. The van der Waals surface area contributed by atoms with E-state index < -0.39 is 0 Å². The molecule has 0 bridgehead atoms. The van der Waals surface area contributed by atoms with Gasteiger partial charge in [0, 0.05) is 25.2 Å². The molecule has 4 heteroatoms. The number of fused-ring (bicyclic) bond motifs is 3. The zero-order chi connectivity index (χ0) is 11.4. The minimum absolute atomic E-state index is 0.0274. The topological polar surface area (TPSA) is 39.8 Å². The van der Waals surface area contributed by atoms with Crippen molar-refractivity contribution in [1.82, 2.24) is 14.3 Å². The second-order valence-electron chi connectivity index (χ2n) is 4.43. The molecule has 1 aliphatic rings. The lowest BCUT2D eigenvalue weighted by Gasteiger charge is -2.00. The van der Waals surface area contributed by atoms with Crippen LogP contribution in [0.4, 0.5) is 0 Å². The number of hydrogen-bond acceptors (Lipinski definition) is 2. The first kappa shape index (κ1) is 9.39. The summed E-state index contributed by atoms with van der Waals surface area (Å²) in [5.41, 5.74) is 4.45. The molecule has 2 aromatic heterocycles. The molecule has 0 N–H and O–H groups in total. The van der Waals surface area contributed by atoms with Crippen LogP contribution >= 0.6 is 0 Å². The summed E-state index contributed by atoms with van der Waals surface area (Å²) >= 11 is 0. The van der Waals surface area contributed by atoms with Crippen LogP contribution < -0.4 is 5.56 Å². The van der Waals surface area contributed by atoms with Crippen LogP contribution in [0.15, 0.2) is 16.6 Å². The van der Waals surface area contributed by atoms with Gasteiger partial charge in [-0.2, -0.15) is 5.10 Å². The fourth-order valence-electron chi connectivity index (χ4n) is 2.47. The molecule has 0 amide bonds. The van der Waals surface area contributed by atoms with Crippen LogP contribution in [0, 0.1) is 0 Å². The van der Waals surface area contributed by atoms with Crippen molar-refractivity contribution in [3.8, 4) is 0 Å². The van der Waals surface area contributed by atoms with Gasteiger partial charge in [0.1, 0.15) is 5.52 Å². The van der Waals surface area contributed by atoms with E-state index in [4.69, 9.17) is 0 Å². The van der Waals surface area contributed by atoms with Crippen LogP contribution in [0.25, 0.3) is 17.0 Å². The molecule has 0 aliphatic heterocycles. The molecule has 4 nitrogen and oxygen atoms in total. The number of nitrogens with zero attached hydrogens (tertiary/aromatic N) is 3. The summed E-state index contributed by atoms with van der Waals surface area (Å²) in [6.45, 7) is 2.11. The second kappa shape index (κ2) is 2.84. The predicted octanol–water partition coefficient (Wildman–Crippen LogP) is 1.23. The molecule has 0 unspecified atom stereocenters. The molecule has 0 atom stereocenters. The maximum Gasteiger partial charge on any atom is 0.290 e. The van der Waals surface area contributed by atoms with E-state index in [0.717, 1.165) is 23.0 Å². The SMILES string of the molecule is CC1=Cc2c(c3cnn(C)c(=O)c3n2C)C1. The van der Waals surface area contributed by atoms with Gasteiger partial charge in [0.15, 0.2) is 0 Å². The standard InChI is InChI=1S/C12H13N3O/c1-7-4-8-9-6-13-15(3)12(16)11(9)14(2)10(8)5-7/h5-6H,4H2,1-3H3. The number of hydrogen-bond donors (Lipinski definition) is 0. The van der Waals surface area contributed by atoms with Gasteiger partial charge in [-0.15, -0.1) is 0 Å². The van der Waals surface area contributed by atoms with E-state index in [2.05, 4.69) is 18.1 Å². The molecule has 0 spiro atoms. The van der Waals surface area contributed by atoms with E-state index >= 15 is 0 Å². The van der Waals surface area contributed by atoms with Crippen molar-refractivity contribution in [3.63, 3.8) is 0 Å². The van der Waals surface area contributed by atoms with Gasteiger partial charge in [0.2, 0.25) is 0 Å². The number of allylic oxidation sites excluding steroid dienone is 1. The zero-order valence-corrected chi connectivity index (χ0v) is 9.61. The quantitative estimate of drug-likeness (QED) is 0.663. The van der Waals surface area contributed by atoms with Crippen LogP contribution in [0.5, 0.6) is 0 Å². The third kappa shape index (κ3) is 0.988. The summed E-state index contributed by atoms with van der Waals surface area (Å²) in [4.78, 5) is 12.0. The average molecular weight is 215 g/mol. The monoisotopic (exact) mass is 215 g/mol. The van der Waals surface area contributed by atoms with Crippen LogP contribution in [0.3, 0.4) is 0 Å². The molecule has 16 heavy (non-hydrogen) atoms. The summed E-state index contributed by atoms with van der Waals surface area (Å²) in [7, 11) is 3.62. The number of aromatic nitrogens is 3. The smallest absolute Gasteiger partial charge is 0.290 e. The Morgan fingerprint density at radius 1 is 1.38 bits per heavy atom. The van der Waals surface area contributed by atoms with Gasteiger partial charge in [0.25, 0.3) is 5.56 Å². The van der Waals surface area contributed by atoms with Crippen LogP contribution in [0.1, 0.15) is 18.2 Å². The summed E-state index contributed by atoms with van der Waals surface area (Å²) < 4.78 is 3.36. The molecule has 82 valence electrons. The van der Waals surface area contributed by atoms with E-state index in [1.807, 2.05) is 11.6 Å². The van der Waals surface area contributed by atoms with Crippen LogP contribution in [-0.4, -0.2) is 14.3 Å². The lowest BCUT2D eigenvalue weighted by molar-refractivity contribution is 0.712. The third-order valence-electron chi connectivity index (χ3n) is 3.28. The Morgan fingerprint density at radius 3 is 2.88 bits per heavy atom. The molecule has 3 rings (SSSR count). The molecule has 1 aliphatic carbocycles. The summed E-state index contributed by atoms with van der Waals surface area (Å²) in [6.07, 6.45) is 4.87. The first-order valence-electron chi connectivity index (χ1n) is 5.30. The maximum atomic E-state index is 12.0. The Hall–Kier alpha value is -1.84. The molecule has 0 aromatic carbocycles. The van der Waals surface area contributed by atoms with E-state index in [0.29, 0.717) is 0 Å². The molecule has 0 radical (unpaired) electrons. The second-order valence-corrected chi connectivity index (χ2v) is 4.43. The van der Waals surface area contributed by atoms with Gasteiger partial charge in [-0.25, -0.2) is 4.68 Å². The zero-order valence-electron chi connectivity index (χ0n) is 9.61. The van der Waals surface area contributed by atoms with Crippen molar-refractivity contribution in [2.24, 2.45) is 14.1 Å². The van der Waals surface area contributed by atoms with Crippen LogP contribution in [-0.2, 0) is 20.5 Å². The molecular formula is C12H13N3O. The van der Waals surface area contributed by atoms with Crippen molar-refractivity contribution in [2.75, 3.05) is 0 Å². The van der Waals surface area contributed by atoms with Crippen LogP contribution in [0.2, 0.25) is 0 Å². The highest BCUT2D eigenvalue weighted by atomic mass is 16.1. The molecular weight excluding hydrogens is 202 g/mol. The van der Waals surface area contributed by atoms with Gasteiger partial charge < -0.3 is 4.57 Å². The van der Waals surface area contributed by atoms with Gasteiger partial charge in [-0.3, -0.25) is 4.79 Å². The van der Waals surface area contributed by atoms with Gasteiger partial charge >= 0.3 is 0 Å². The summed E-state index contributed by atoms with van der Waals surface area (Å²) in [5.74, 6) is 0. The Balaban J connectivity index is 2.53. The number of rotatable bonds is 0. The Bertz CT molecular complexity index is 688. The van der Waals surface area contributed by atoms with Crippen molar-refractivity contribution in [2.45, 2.75) is 13.3 Å². The Labute approximate surface area is 92.8 Å². The van der Waals surface area contributed by atoms with Gasteiger partial charge in [0.05, 0.1) is 6.20 Å². The lowest BCUT2D eigenvalue weighted by Crippen LogP contribution is -2.20. The lowest BCUT2D eigenvalue weighted by atomic mass is 10.1. The predicted molar refractivity (Wildman–Crippen MR) is 63.3 cm³/mol. The van der Waals surface area contributed by atoms with E-state index in [1.165, 1.54) is 15.8 Å². The fraction of sp³-hybridized carbons (Fsp3) is 0.333. The van der Waals surface area contributed by atoms with Crippen molar-refractivity contribution in [1.29, 1.82) is 0 Å². The highest BCUT2D eigenvalue weighted by Crippen LogP contribution is 2.31. The highest BCUT2D eigenvalue weighted by molar-refractivity contribution is 5.89. The van der Waals surface area contributed by atoms with E-state index in [9.17, 15) is 4.79 Å². The van der Waals surface area contributed by atoms with E-state index in [-0.39, 0.29) is 5.56 Å². The molecule has 2 aromatic rings. The Morgan fingerprint density at radius 2 is 2.12 bits per heavy atom. The van der Waals surface area contributed by atoms with Gasteiger partial charge in [-0.05, 0) is 25.0 Å². The minimum Gasteiger partial charge on any atom is -0.339 e. The van der Waals surface area contributed by atoms with E-state index in [1.54, 1.807) is 13.2 Å². The third-order valence-corrected chi connectivity index (χ3v) is 3.28. The summed E-state index contributed by atoms with van der Waals surface area (Å²) in [5, 5.41) is 5.08. The molecule has 0 saturated carbocycles. The molecule has 2 heterocycles. The first-order chi connectivity index (χ1) is 7.59. The van der Waals surface area contributed by atoms with Crippen molar-refractivity contribution in [3.05, 3.63) is 33.4 Å². The average Bonchev–Trinajstić information content (AvgIpc) is 2.72. The Kier molecular flexibility index (Phi) is 1.67. The first-order valence-corrected chi connectivity index (χ1v) is 5.30. The van der Waals surface area contributed by atoms with Gasteiger partial charge in [-0.1, -0.05) is 5.57 Å². The summed E-state index contributed by atoms with van der Waals surface area (Å²) in [6, 6.07) is 0. The largest absolute Gasteiger partial charge is 0.339 e.